The molecule has 0 aromatic carbocycles. The smallest absolute Gasteiger partial charge is 0.410 e. The molecule has 170 valence electrons. The van der Waals surface area contributed by atoms with Gasteiger partial charge in [-0.25, -0.2) is 19.7 Å². The van der Waals surface area contributed by atoms with E-state index in [9.17, 15) is 9.59 Å². The van der Waals surface area contributed by atoms with Crippen molar-refractivity contribution in [2.45, 2.75) is 78.6 Å². The highest BCUT2D eigenvalue weighted by Crippen LogP contribution is 2.24. The van der Waals surface area contributed by atoms with Crippen LogP contribution in [0.4, 0.5) is 10.6 Å². The largest absolute Gasteiger partial charge is 0.444 e. The molecule has 2 aromatic rings. The number of amides is 2. The second-order valence-corrected chi connectivity index (χ2v) is 9.83. The Kier molecular flexibility index (Phi) is 6.11. The Morgan fingerprint density at radius 2 is 1.90 bits per heavy atom. The lowest BCUT2D eigenvalue weighted by atomic mass is 10.1. The number of ether oxygens (including phenoxy) is 1. The Labute approximate surface area is 182 Å². The standard InChI is InChI=1S/C21H33N7O3/c1-8-28-16-14(25-17(28)18(29)26-20(2,3)4)15(22-12-23-16)24-13-9-10-27(11-13)19(30)31-21(5,6)7/h12-13H,8-11H2,1-7H3,(H,26,29)(H,22,23,24). The van der Waals surface area contributed by atoms with E-state index in [1.54, 1.807) is 9.47 Å². The summed E-state index contributed by atoms with van der Waals surface area (Å²) in [7, 11) is 0. The van der Waals surface area contributed by atoms with E-state index < -0.39 is 5.60 Å². The first-order chi connectivity index (χ1) is 14.4. The molecule has 10 heteroatoms. The first kappa shape index (κ1) is 22.8. The van der Waals surface area contributed by atoms with E-state index in [2.05, 4.69) is 25.6 Å². The highest BCUT2D eigenvalue weighted by molar-refractivity contribution is 5.96. The van der Waals surface area contributed by atoms with Crippen LogP contribution in [-0.4, -0.2) is 66.7 Å². The molecule has 10 nitrogen and oxygen atoms in total. The minimum Gasteiger partial charge on any atom is -0.444 e. The second-order valence-electron chi connectivity index (χ2n) is 9.83. The van der Waals surface area contributed by atoms with Crippen molar-refractivity contribution in [2.24, 2.45) is 0 Å². The molecule has 1 atom stereocenters. The van der Waals surface area contributed by atoms with Crippen LogP contribution < -0.4 is 10.6 Å². The molecule has 0 radical (unpaired) electrons. The number of anilines is 1. The van der Waals surface area contributed by atoms with E-state index in [4.69, 9.17) is 4.74 Å². The third kappa shape index (κ3) is 5.42. The lowest BCUT2D eigenvalue weighted by Gasteiger charge is -2.24. The van der Waals surface area contributed by atoms with Crippen LogP contribution in [0.25, 0.3) is 11.2 Å². The van der Waals surface area contributed by atoms with Crippen molar-refractivity contribution in [2.75, 3.05) is 18.4 Å². The van der Waals surface area contributed by atoms with Crippen molar-refractivity contribution >= 4 is 29.0 Å². The number of nitrogens with one attached hydrogen (secondary N) is 2. The fourth-order valence-electron chi connectivity index (χ4n) is 3.48. The van der Waals surface area contributed by atoms with E-state index in [0.717, 1.165) is 6.42 Å². The first-order valence-corrected chi connectivity index (χ1v) is 10.7. The van der Waals surface area contributed by atoms with Gasteiger partial charge in [-0.15, -0.1) is 0 Å². The highest BCUT2D eigenvalue weighted by Gasteiger charge is 2.31. The van der Waals surface area contributed by atoms with E-state index in [-0.39, 0.29) is 23.6 Å². The van der Waals surface area contributed by atoms with E-state index >= 15 is 0 Å². The zero-order chi connectivity index (χ0) is 23.0. The number of aromatic nitrogens is 4. The van der Waals surface area contributed by atoms with Crippen molar-refractivity contribution in [3.8, 4) is 0 Å². The molecule has 0 spiro atoms. The molecule has 3 rings (SSSR count). The minimum absolute atomic E-state index is 0.00393. The predicted molar refractivity (Wildman–Crippen MR) is 118 cm³/mol. The number of imidazole rings is 1. The summed E-state index contributed by atoms with van der Waals surface area (Å²) in [6.07, 6.45) is 1.90. The summed E-state index contributed by atoms with van der Waals surface area (Å²) >= 11 is 0. The summed E-state index contributed by atoms with van der Waals surface area (Å²) in [6, 6.07) is 0.00393. The number of rotatable bonds is 4. The monoisotopic (exact) mass is 431 g/mol. The van der Waals surface area contributed by atoms with Crippen LogP contribution in [-0.2, 0) is 11.3 Å². The zero-order valence-corrected chi connectivity index (χ0v) is 19.4. The van der Waals surface area contributed by atoms with Gasteiger partial charge in [0.05, 0.1) is 0 Å². The number of hydrogen-bond acceptors (Lipinski definition) is 7. The molecule has 31 heavy (non-hydrogen) atoms. The second kappa shape index (κ2) is 8.32. The molecular formula is C21H33N7O3. The maximum atomic E-state index is 12.8. The number of carbonyl (C=O) groups is 2. The van der Waals surface area contributed by atoms with Gasteiger partial charge in [-0.3, -0.25) is 4.79 Å². The summed E-state index contributed by atoms with van der Waals surface area (Å²) in [5.74, 6) is 0.603. The van der Waals surface area contributed by atoms with E-state index in [1.165, 1.54) is 6.33 Å². The zero-order valence-electron chi connectivity index (χ0n) is 19.4. The Morgan fingerprint density at radius 3 is 2.52 bits per heavy atom. The summed E-state index contributed by atoms with van der Waals surface area (Å²) in [5, 5.41) is 6.33. The summed E-state index contributed by atoms with van der Waals surface area (Å²) in [4.78, 5) is 40.1. The average molecular weight is 432 g/mol. The number of fused-ring (bicyclic) bond motifs is 1. The normalized spacial score (nSPS) is 17.1. The topological polar surface area (TPSA) is 114 Å². The van der Waals surface area contributed by atoms with Gasteiger partial charge < -0.3 is 24.8 Å². The average Bonchev–Trinajstić information content (AvgIpc) is 3.23. The molecule has 0 bridgehead atoms. The van der Waals surface area contributed by atoms with Crippen LogP contribution in [0.3, 0.4) is 0 Å². The van der Waals surface area contributed by atoms with Gasteiger partial charge >= 0.3 is 6.09 Å². The SMILES string of the molecule is CCn1c(C(=O)NC(C)(C)C)nc2c(NC3CCN(C(=O)OC(C)(C)C)C3)ncnc21. The number of carbonyl (C=O) groups excluding carboxylic acids is 2. The number of aryl methyl sites for hydroxylation is 1. The maximum Gasteiger partial charge on any atom is 0.410 e. The molecule has 0 aliphatic carbocycles. The highest BCUT2D eigenvalue weighted by atomic mass is 16.6. The van der Waals surface area contributed by atoms with Crippen LogP contribution in [0, 0.1) is 0 Å². The van der Waals surface area contributed by atoms with Crippen LogP contribution in [0.2, 0.25) is 0 Å². The minimum atomic E-state index is -0.529. The molecule has 3 heterocycles. The van der Waals surface area contributed by atoms with Crippen LogP contribution in [0.1, 0.15) is 65.5 Å². The number of nitrogens with zero attached hydrogens (tertiary/aromatic N) is 5. The molecule has 1 unspecified atom stereocenters. The number of likely N-dealkylation sites (tertiary alicyclic amines) is 1. The van der Waals surface area contributed by atoms with Gasteiger partial charge in [-0.05, 0) is 54.9 Å². The van der Waals surface area contributed by atoms with Gasteiger partial charge in [0.25, 0.3) is 5.91 Å². The Balaban J connectivity index is 1.81. The lowest BCUT2D eigenvalue weighted by Crippen LogP contribution is -2.41. The molecule has 1 aliphatic heterocycles. The first-order valence-electron chi connectivity index (χ1n) is 10.7. The van der Waals surface area contributed by atoms with Gasteiger partial charge in [-0.1, -0.05) is 0 Å². The molecule has 2 aromatic heterocycles. The van der Waals surface area contributed by atoms with Crippen molar-refractivity contribution in [3.05, 3.63) is 12.2 Å². The van der Waals surface area contributed by atoms with E-state index in [0.29, 0.717) is 42.4 Å². The molecule has 1 saturated heterocycles. The van der Waals surface area contributed by atoms with Crippen molar-refractivity contribution in [1.29, 1.82) is 0 Å². The van der Waals surface area contributed by atoms with Gasteiger partial charge in [-0.2, -0.15) is 0 Å². The summed E-state index contributed by atoms with van der Waals surface area (Å²) < 4.78 is 7.25. The Hall–Kier alpha value is -2.91. The quantitative estimate of drug-likeness (QED) is 0.765. The summed E-state index contributed by atoms with van der Waals surface area (Å²) in [5.41, 5.74) is 0.230. The maximum absolute atomic E-state index is 12.8. The lowest BCUT2D eigenvalue weighted by molar-refractivity contribution is 0.0293. The fourth-order valence-corrected chi connectivity index (χ4v) is 3.48. The third-order valence-corrected chi connectivity index (χ3v) is 4.72. The molecule has 1 fully saturated rings. The van der Waals surface area contributed by atoms with Gasteiger partial charge in [0, 0.05) is 31.2 Å². The van der Waals surface area contributed by atoms with E-state index in [1.807, 2.05) is 48.5 Å². The number of hydrogen-bond donors (Lipinski definition) is 2. The predicted octanol–water partition coefficient (Wildman–Crippen LogP) is 2.80. The van der Waals surface area contributed by atoms with Gasteiger partial charge in [0.1, 0.15) is 11.9 Å². The third-order valence-electron chi connectivity index (χ3n) is 4.72. The van der Waals surface area contributed by atoms with Crippen molar-refractivity contribution < 1.29 is 14.3 Å². The fraction of sp³-hybridized carbons (Fsp3) is 0.667. The van der Waals surface area contributed by atoms with Crippen LogP contribution in [0.15, 0.2) is 6.33 Å². The van der Waals surface area contributed by atoms with Crippen molar-refractivity contribution in [1.82, 2.24) is 29.7 Å². The van der Waals surface area contributed by atoms with Gasteiger partial charge in [0.2, 0.25) is 5.82 Å². The molecule has 1 aliphatic rings. The van der Waals surface area contributed by atoms with Crippen LogP contribution >= 0.6 is 0 Å². The van der Waals surface area contributed by atoms with Gasteiger partial charge in [0.15, 0.2) is 17.0 Å². The Morgan fingerprint density at radius 1 is 1.19 bits per heavy atom. The van der Waals surface area contributed by atoms with Crippen molar-refractivity contribution in [3.63, 3.8) is 0 Å². The summed E-state index contributed by atoms with van der Waals surface area (Å²) in [6.45, 7) is 14.9. The molecular weight excluding hydrogens is 398 g/mol. The Bertz CT molecular complexity index is 972. The molecule has 2 amide bonds. The van der Waals surface area contributed by atoms with Crippen LogP contribution in [0.5, 0.6) is 0 Å². The molecule has 2 N–H and O–H groups in total. The molecule has 0 saturated carbocycles.